The normalized spacial score (nSPS) is 27.4. The summed E-state index contributed by atoms with van der Waals surface area (Å²) in [6.07, 6.45) is 2.04. The Hall–Kier alpha value is -1.88. The van der Waals surface area contributed by atoms with Crippen LogP contribution in [-0.2, 0) is 19.6 Å². The van der Waals surface area contributed by atoms with Gasteiger partial charge in [0.25, 0.3) is 5.91 Å². The molecule has 192 valence electrons. The van der Waals surface area contributed by atoms with Crippen LogP contribution in [0.2, 0.25) is 10.0 Å². The van der Waals surface area contributed by atoms with Crippen LogP contribution < -0.4 is 5.32 Å². The monoisotopic (exact) mass is 544 g/mol. The third kappa shape index (κ3) is 4.90. The van der Waals surface area contributed by atoms with Crippen LogP contribution in [0.25, 0.3) is 0 Å². The van der Waals surface area contributed by atoms with Gasteiger partial charge in [-0.1, -0.05) is 50.0 Å². The zero-order valence-electron chi connectivity index (χ0n) is 20.0. The number of sulfonamides is 1. The molecule has 0 unspecified atom stereocenters. The lowest BCUT2D eigenvalue weighted by molar-refractivity contribution is -0.141. The quantitative estimate of drug-likeness (QED) is 0.586. The summed E-state index contributed by atoms with van der Waals surface area (Å²) < 4.78 is 27.3. The minimum absolute atomic E-state index is 0.0413. The first-order valence-corrected chi connectivity index (χ1v) is 13.8. The number of benzene rings is 1. The summed E-state index contributed by atoms with van der Waals surface area (Å²) in [6, 6.07) is 3.86. The molecule has 3 aliphatic rings. The fourth-order valence-corrected chi connectivity index (χ4v) is 8.04. The van der Waals surface area contributed by atoms with E-state index in [1.54, 1.807) is 0 Å². The average Bonchev–Trinajstić information content (AvgIpc) is 2.97. The molecule has 2 aliphatic heterocycles. The summed E-state index contributed by atoms with van der Waals surface area (Å²) in [7, 11) is -3.89. The second kappa shape index (κ2) is 9.21. The molecule has 2 saturated heterocycles. The van der Waals surface area contributed by atoms with Crippen molar-refractivity contribution >= 4 is 51.1 Å². The predicted octanol–water partition coefficient (Wildman–Crippen LogP) is 2.96. The number of urea groups is 1. The highest BCUT2D eigenvalue weighted by atomic mass is 35.5. The fourth-order valence-electron chi connectivity index (χ4n) is 5.89. The number of rotatable bonds is 4. The Bertz CT molecular complexity index is 1170. The van der Waals surface area contributed by atoms with E-state index >= 15 is 0 Å². The van der Waals surface area contributed by atoms with Gasteiger partial charge in [-0.2, -0.15) is 4.31 Å². The molecule has 1 aliphatic carbocycles. The van der Waals surface area contributed by atoms with Gasteiger partial charge in [-0.05, 0) is 42.7 Å². The second-order valence-electron chi connectivity index (χ2n) is 10.6. The van der Waals surface area contributed by atoms with Crippen LogP contribution in [-0.4, -0.2) is 78.6 Å². The lowest BCUT2D eigenvalue weighted by atomic mass is 9.64. The molecule has 9 nitrogen and oxygen atoms in total. The minimum Gasteiger partial charge on any atom is -0.338 e. The maximum atomic E-state index is 13.3. The van der Waals surface area contributed by atoms with Crippen molar-refractivity contribution in [1.82, 2.24) is 19.4 Å². The molecule has 0 aromatic heterocycles. The predicted molar refractivity (Wildman–Crippen MR) is 132 cm³/mol. The Morgan fingerprint density at radius 3 is 2.40 bits per heavy atom. The summed E-state index contributed by atoms with van der Waals surface area (Å²) in [5.74, 6) is -0.486. The zero-order chi connectivity index (χ0) is 25.8. The number of halogens is 2. The Balaban J connectivity index is 1.40. The molecule has 0 radical (unpaired) electrons. The zero-order valence-corrected chi connectivity index (χ0v) is 22.3. The molecule has 1 N–H and O–H groups in total. The number of nitrogens with one attached hydrogen (secondary N) is 1. The molecule has 2 atom stereocenters. The summed E-state index contributed by atoms with van der Waals surface area (Å²) in [6.45, 7) is 6.27. The molecule has 3 fully saturated rings. The van der Waals surface area contributed by atoms with Crippen LogP contribution in [0.5, 0.6) is 0 Å². The number of nitrogens with zero attached hydrogens (tertiary/aromatic N) is 3. The number of hydrogen-bond donors (Lipinski definition) is 1. The number of piperazine rings is 1. The molecular weight excluding hydrogens is 515 g/mol. The van der Waals surface area contributed by atoms with E-state index in [0.29, 0.717) is 12.8 Å². The second-order valence-corrected chi connectivity index (χ2v) is 13.3. The fraction of sp³-hybridized carbons (Fsp3) is 0.609. The van der Waals surface area contributed by atoms with Crippen LogP contribution in [0.15, 0.2) is 23.1 Å². The van der Waals surface area contributed by atoms with Crippen LogP contribution in [0.4, 0.5) is 4.79 Å². The van der Waals surface area contributed by atoms with Crippen molar-refractivity contribution in [2.45, 2.75) is 50.5 Å². The Kier molecular flexibility index (Phi) is 6.89. The molecule has 2 heterocycles. The Labute approximate surface area is 215 Å². The molecule has 0 bridgehead atoms. The van der Waals surface area contributed by atoms with Gasteiger partial charge in [0, 0.05) is 26.2 Å². The highest BCUT2D eigenvalue weighted by Gasteiger charge is 2.56. The number of carbonyl (C=O) groups is 3. The lowest BCUT2D eigenvalue weighted by Gasteiger charge is -2.43. The first-order chi connectivity index (χ1) is 16.3. The lowest BCUT2D eigenvalue weighted by Crippen LogP contribution is -2.55. The van der Waals surface area contributed by atoms with E-state index in [4.69, 9.17) is 23.2 Å². The van der Waals surface area contributed by atoms with Crippen molar-refractivity contribution in [2.75, 3.05) is 32.7 Å². The van der Waals surface area contributed by atoms with E-state index in [1.165, 1.54) is 27.4 Å². The van der Waals surface area contributed by atoms with Gasteiger partial charge in [0.15, 0.2) is 0 Å². The number of hydrogen-bond acceptors (Lipinski definition) is 5. The van der Waals surface area contributed by atoms with Gasteiger partial charge in [0.2, 0.25) is 15.9 Å². The smallest absolute Gasteiger partial charge is 0.325 e. The molecule has 1 saturated carbocycles. The third-order valence-corrected chi connectivity index (χ3v) is 9.91. The van der Waals surface area contributed by atoms with Crippen LogP contribution >= 0.6 is 23.2 Å². The van der Waals surface area contributed by atoms with E-state index < -0.39 is 27.5 Å². The molecule has 4 amide bonds. The van der Waals surface area contributed by atoms with Gasteiger partial charge in [-0.3, -0.25) is 14.5 Å². The van der Waals surface area contributed by atoms with E-state index in [2.05, 4.69) is 26.1 Å². The first kappa shape index (κ1) is 26.2. The molecule has 1 aromatic carbocycles. The Morgan fingerprint density at radius 1 is 1.11 bits per heavy atom. The van der Waals surface area contributed by atoms with Crippen LogP contribution in [0, 0.1) is 11.3 Å². The SMILES string of the molecule is C[C@@H]1CC(C)(C)C[C@@]2(C1)NC(=O)N(CC(=O)N1CCN(S(=O)(=O)c3cccc(Cl)c3Cl)CC1)C2=O. The third-order valence-electron chi connectivity index (χ3n) is 7.04. The highest BCUT2D eigenvalue weighted by molar-refractivity contribution is 7.89. The molecule has 12 heteroatoms. The van der Waals surface area contributed by atoms with Crippen molar-refractivity contribution in [1.29, 1.82) is 0 Å². The number of imide groups is 1. The summed E-state index contributed by atoms with van der Waals surface area (Å²) >= 11 is 12.1. The topological polar surface area (TPSA) is 107 Å². The molecule has 1 spiro atoms. The Morgan fingerprint density at radius 2 is 1.77 bits per heavy atom. The summed E-state index contributed by atoms with van der Waals surface area (Å²) in [4.78, 5) is 41.4. The van der Waals surface area contributed by atoms with Crippen molar-refractivity contribution < 1.29 is 22.8 Å². The highest BCUT2D eigenvalue weighted by Crippen LogP contribution is 2.46. The minimum atomic E-state index is -3.89. The largest absolute Gasteiger partial charge is 0.338 e. The van der Waals surface area contributed by atoms with Crippen LogP contribution in [0.1, 0.15) is 40.0 Å². The standard InChI is InChI=1S/C23H30Cl2N4O5S/c1-15-11-22(2,3)14-23(12-15)20(31)29(21(32)26-23)13-18(30)27-7-9-28(10-8-27)35(33,34)17-6-4-5-16(24)19(17)25/h4-6,15H,7-14H2,1-3H3,(H,26,32)/t15-,23-/m1/s1. The van der Waals surface area contributed by atoms with Crippen molar-refractivity contribution in [3.63, 3.8) is 0 Å². The molecule has 4 rings (SSSR count). The molecular formula is C23H30Cl2N4O5S. The number of amides is 4. The summed E-state index contributed by atoms with van der Waals surface area (Å²) in [5, 5.41) is 2.98. The van der Waals surface area contributed by atoms with E-state index in [1.807, 2.05) is 0 Å². The average molecular weight is 545 g/mol. The number of carbonyl (C=O) groups excluding carboxylic acids is 3. The van der Waals surface area contributed by atoms with Crippen molar-refractivity contribution in [2.24, 2.45) is 11.3 Å². The van der Waals surface area contributed by atoms with Crippen molar-refractivity contribution in [3.8, 4) is 0 Å². The van der Waals surface area contributed by atoms with Gasteiger partial charge in [0.1, 0.15) is 17.0 Å². The van der Waals surface area contributed by atoms with E-state index in [9.17, 15) is 22.8 Å². The van der Waals surface area contributed by atoms with Gasteiger partial charge >= 0.3 is 6.03 Å². The van der Waals surface area contributed by atoms with Crippen molar-refractivity contribution in [3.05, 3.63) is 28.2 Å². The van der Waals surface area contributed by atoms with Gasteiger partial charge in [0.05, 0.1) is 10.0 Å². The molecule has 1 aromatic rings. The van der Waals surface area contributed by atoms with Gasteiger partial charge in [-0.15, -0.1) is 0 Å². The van der Waals surface area contributed by atoms with Gasteiger partial charge < -0.3 is 10.2 Å². The van der Waals surface area contributed by atoms with Crippen LogP contribution in [0.3, 0.4) is 0 Å². The maximum absolute atomic E-state index is 13.3. The first-order valence-electron chi connectivity index (χ1n) is 11.6. The van der Waals surface area contributed by atoms with E-state index in [0.717, 1.165) is 11.3 Å². The molecule has 35 heavy (non-hydrogen) atoms. The van der Waals surface area contributed by atoms with Gasteiger partial charge in [-0.25, -0.2) is 13.2 Å². The van der Waals surface area contributed by atoms with E-state index in [-0.39, 0.29) is 64.9 Å². The summed E-state index contributed by atoms with van der Waals surface area (Å²) in [5.41, 5.74) is -1.07. The maximum Gasteiger partial charge on any atom is 0.325 e.